The number of nitrogens with one attached hydrogen (secondary N) is 1. The van der Waals surface area contributed by atoms with Crippen LogP contribution in [-0.2, 0) is 9.63 Å². The van der Waals surface area contributed by atoms with Crippen LogP contribution in [0.3, 0.4) is 0 Å². The van der Waals surface area contributed by atoms with Gasteiger partial charge >= 0.3 is 0 Å². The molecule has 0 atom stereocenters. The molecule has 126 valence electrons. The number of hydrogen-bond acceptors (Lipinski definition) is 5. The molecule has 2 rings (SSSR count). The van der Waals surface area contributed by atoms with Gasteiger partial charge in [0.05, 0.1) is 21.5 Å². The smallest absolute Gasteiger partial charge is 0.225 e. The summed E-state index contributed by atoms with van der Waals surface area (Å²) in [7, 11) is 1.44. The summed E-state index contributed by atoms with van der Waals surface area (Å²) in [6.45, 7) is 1.82. The molecule has 0 spiro atoms. The number of halogens is 2. The second kappa shape index (κ2) is 8.61. The first-order chi connectivity index (χ1) is 11.5. The lowest BCUT2D eigenvalue weighted by atomic mass is 10.1. The van der Waals surface area contributed by atoms with Crippen molar-refractivity contribution in [2.45, 2.75) is 19.8 Å². The molecule has 0 bridgehead atoms. The molecule has 0 aliphatic heterocycles. The molecule has 1 aromatic heterocycles. The van der Waals surface area contributed by atoms with Crippen molar-refractivity contribution in [1.29, 1.82) is 0 Å². The normalized spacial score (nSPS) is 11.2. The third-order valence-electron chi connectivity index (χ3n) is 3.11. The van der Waals surface area contributed by atoms with E-state index in [1.165, 1.54) is 7.11 Å². The van der Waals surface area contributed by atoms with Crippen molar-refractivity contribution in [1.82, 2.24) is 10.2 Å². The fourth-order valence-electron chi connectivity index (χ4n) is 1.93. The molecule has 1 aromatic carbocycles. The van der Waals surface area contributed by atoms with Crippen LogP contribution in [-0.4, -0.2) is 28.9 Å². The Morgan fingerprint density at radius 3 is 2.58 bits per heavy atom. The number of aromatic nitrogens is 2. The predicted molar refractivity (Wildman–Crippen MR) is 94.6 cm³/mol. The third kappa shape index (κ3) is 5.18. The minimum absolute atomic E-state index is 0.197. The average molecular weight is 367 g/mol. The molecule has 0 fully saturated rings. The zero-order chi connectivity index (χ0) is 17.5. The van der Waals surface area contributed by atoms with Crippen molar-refractivity contribution < 1.29 is 9.63 Å². The first kappa shape index (κ1) is 18.2. The number of hydrogen-bond donors (Lipinski definition) is 1. The van der Waals surface area contributed by atoms with Gasteiger partial charge in [-0.3, -0.25) is 4.79 Å². The fraction of sp³-hybridized carbons (Fsp3) is 0.250. The van der Waals surface area contributed by atoms with Crippen molar-refractivity contribution >= 4 is 40.6 Å². The van der Waals surface area contributed by atoms with Crippen LogP contribution in [0.15, 0.2) is 35.5 Å². The first-order valence-electron chi connectivity index (χ1n) is 7.15. The van der Waals surface area contributed by atoms with Crippen LogP contribution >= 0.6 is 23.2 Å². The molecule has 6 nitrogen and oxygen atoms in total. The van der Waals surface area contributed by atoms with Gasteiger partial charge in [-0.25, -0.2) is 0 Å². The van der Waals surface area contributed by atoms with E-state index in [4.69, 9.17) is 28.0 Å². The lowest BCUT2D eigenvalue weighted by molar-refractivity contribution is -0.116. The number of carbonyl (C=O) groups excluding carboxylic acids is 1. The van der Waals surface area contributed by atoms with Gasteiger partial charge in [0.2, 0.25) is 5.91 Å². The van der Waals surface area contributed by atoms with Crippen molar-refractivity contribution in [3.8, 4) is 0 Å². The Balaban J connectivity index is 2.00. The van der Waals surface area contributed by atoms with Crippen LogP contribution in [0.4, 0.5) is 5.82 Å². The van der Waals surface area contributed by atoms with Gasteiger partial charge in [0, 0.05) is 18.4 Å². The number of rotatable bonds is 6. The second-order valence-electron chi connectivity index (χ2n) is 4.96. The van der Waals surface area contributed by atoms with Gasteiger partial charge in [-0.1, -0.05) is 34.4 Å². The molecule has 0 saturated heterocycles. The third-order valence-corrected chi connectivity index (χ3v) is 3.85. The topological polar surface area (TPSA) is 76.5 Å². The highest BCUT2D eigenvalue weighted by atomic mass is 35.5. The molecule has 0 saturated carbocycles. The largest absolute Gasteiger partial charge is 0.399 e. The Bertz CT molecular complexity index is 748. The lowest BCUT2D eigenvalue weighted by Crippen LogP contribution is -2.15. The Kier molecular flexibility index (Phi) is 6.52. The van der Waals surface area contributed by atoms with E-state index < -0.39 is 0 Å². The molecule has 1 heterocycles. The average Bonchev–Trinajstić information content (AvgIpc) is 2.56. The lowest BCUT2D eigenvalue weighted by Gasteiger charge is -2.08. The summed E-state index contributed by atoms with van der Waals surface area (Å²) in [4.78, 5) is 16.9. The van der Waals surface area contributed by atoms with Crippen LogP contribution in [0.5, 0.6) is 0 Å². The Morgan fingerprint density at radius 2 is 1.96 bits per heavy atom. The minimum atomic E-state index is -0.197. The summed E-state index contributed by atoms with van der Waals surface area (Å²) in [6, 6.07) is 8.60. The van der Waals surface area contributed by atoms with Gasteiger partial charge in [0.1, 0.15) is 7.11 Å². The molecule has 0 radical (unpaired) electrons. The van der Waals surface area contributed by atoms with Crippen molar-refractivity contribution in [2.24, 2.45) is 5.16 Å². The highest BCUT2D eigenvalue weighted by molar-refractivity contribution is 6.42. The highest BCUT2D eigenvalue weighted by Gasteiger charge is 2.11. The maximum absolute atomic E-state index is 12.0. The van der Waals surface area contributed by atoms with E-state index in [2.05, 4.69) is 20.7 Å². The molecule has 0 aliphatic carbocycles. The maximum atomic E-state index is 12.0. The number of anilines is 1. The van der Waals surface area contributed by atoms with E-state index in [0.29, 0.717) is 28.0 Å². The molecule has 1 amide bonds. The van der Waals surface area contributed by atoms with E-state index in [1.54, 1.807) is 30.3 Å². The van der Waals surface area contributed by atoms with E-state index in [1.807, 2.05) is 6.92 Å². The predicted octanol–water partition coefficient (Wildman–Crippen LogP) is 3.86. The van der Waals surface area contributed by atoms with Crippen molar-refractivity contribution in [3.05, 3.63) is 51.6 Å². The van der Waals surface area contributed by atoms with Crippen LogP contribution < -0.4 is 5.32 Å². The number of aryl methyl sites for hydroxylation is 1. The highest BCUT2D eigenvalue weighted by Crippen LogP contribution is 2.23. The summed E-state index contributed by atoms with van der Waals surface area (Å²) in [5.74, 6) is 0.211. The van der Waals surface area contributed by atoms with Crippen LogP contribution in [0.25, 0.3) is 0 Å². The van der Waals surface area contributed by atoms with Gasteiger partial charge in [0.15, 0.2) is 5.82 Å². The standard InChI is InChI=1S/C16H16Cl2N4O2/c1-10-3-7-15(21-20-10)19-16(23)8-6-14(22-24-2)11-4-5-12(17)13(18)9-11/h3-5,7,9H,6,8H2,1-2H3,(H,19,21,23)/b22-14+. The van der Waals surface area contributed by atoms with E-state index in [-0.39, 0.29) is 12.3 Å². The quantitative estimate of drug-likeness (QED) is 0.621. The summed E-state index contributed by atoms with van der Waals surface area (Å²) in [6.07, 6.45) is 0.578. The van der Waals surface area contributed by atoms with Crippen molar-refractivity contribution in [3.63, 3.8) is 0 Å². The zero-order valence-electron chi connectivity index (χ0n) is 13.2. The monoisotopic (exact) mass is 366 g/mol. The van der Waals surface area contributed by atoms with Crippen LogP contribution in [0, 0.1) is 6.92 Å². The molecule has 2 aromatic rings. The summed E-state index contributed by atoms with van der Waals surface area (Å²) >= 11 is 11.9. The summed E-state index contributed by atoms with van der Waals surface area (Å²) < 4.78 is 0. The van der Waals surface area contributed by atoms with Crippen molar-refractivity contribution in [2.75, 3.05) is 12.4 Å². The number of nitrogens with zero attached hydrogens (tertiary/aromatic N) is 3. The fourth-order valence-corrected chi connectivity index (χ4v) is 2.23. The number of carbonyl (C=O) groups is 1. The summed E-state index contributed by atoms with van der Waals surface area (Å²) in [5.41, 5.74) is 2.12. The molecular formula is C16H16Cl2N4O2. The van der Waals surface area contributed by atoms with E-state index >= 15 is 0 Å². The van der Waals surface area contributed by atoms with Gasteiger partial charge in [0.25, 0.3) is 0 Å². The van der Waals surface area contributed by atoms with E-state index in [0.717, 1.165) is 11.3 Å². The van der Waals surface area contributed by atoms with Crippen LogP contribution in [0.2, 0.25) is 10.0 Å². The second-order valence-corrected chi connectivity index (χ2v) is 5.77. The summed E-state index contributed by atoms with van der Waals surface area (Å²) in [5, 5.41) is 15.3. The maximum Gasteiger partial charge on any atom is 0.225 e. The minimum Gasteiger partial charge on any atom is -0.399 e. The van der Waals surface area contributed by atoms with Gasteiger partial charge < -0.3 is 10.2 Å². The Morgan fingerprint density at radius 1 is 1.17 bits per heavy atom. The SMILES string of the molecule is CO/N=C(\CCC(=O)Nc1ccc(C)nn1)c1ccc(Cl)c(Cl)c1. The number of amides is 1. The zero-order valence-corrected chi connectivity index (χ0v) is 14.7. The van der Waals surface area contributed by atoms with Crippen LogP contribution in [0.1, 0.15) is 24.1 Å². The Labute approximate surface area is 149 Å². The molecule has 0 unspecified atom stereocenters. The van der Waals surface area contributed by atoms with Gasteiger partial charge in [-0.2, -0.15) is 5.10 Å². The molecule has 8 heteroatoms. The molecular weight excluding hydrogens is 351 g/mol. The Hall–Kier alpha value is -2.18. The van der Waals surface area contributed by atoms with Gasteiger partial charge in [-0.05, 0) is 31.2 Å². The molecule has 1 N–H and O–H groups in total. The van der Waals surface area contributed by atoms with Gasteiger partial charge in [-0.15, -0.1) is 5.10 Å². The number of oxime groups is 1. The first-order valence-corrected chi connectivity index (χ1v) is 7.91. The molecule has 0 aliphatic rings. The van der Waals surface area contributed by atoms with E-state index in [9.17, 15) is 4.79 Å². The number of benzene rings is 1. The molecule has 24 heavy (non-hydrogen) atoms.